The lowest BCUT2D eigenvalue weighted by Gasteiger charge is -2.52. The summed E-state index contributed by atoms with van der Waals surface area (Å²) in [5, 5.41) is 51.5. The largest absolute Gasteiger partial charge is 0.504 e. The van der Waals surface area contributed by atoms with Crippen LogP contribution in [0.4, 0.5) is 5.13 Å². The van der Waals surface area contributed by atoms with Crippen LogP contribution in [-0.4, -0.2) is 146 Å². The Morgan fingerprint density at radius 2 is 2.06 bits per heavy atom. The number of oxime groups is 1. The topological polar surface area (TPSA) is 262 Å². The number of quaternary nitrogens is 1. The van der Waals surface area contributed by atoms with Crippen LogP contribution >= 0.6 is 34.7 Å². The first kappa shape index (κ1) is 36.4. The second-order valence-corrected chi connectivity index (χ2v) is 16.0. The normalized spacial score (nSPS) is 24.4. The number of tetrazole rings is 1. The molecule has 4 aliphatic rings. The summed E-state index contributed by atoms with van der Waals surface area (Å²) in [4.78, 5) is 65.2. The van der Waals surface area contributed by atoms with Gasteiger partial charge in [-0.15, -0.1) is 33.3 Å². The molecule has 0 aliphatic carbocycles. The first-order valence-electron chi connectivity index (χ1n) is 16.5. The molecule has 0 spiro atoms. The Balaban J connectivity index is 1.11. The minimum atomic E-state index is -1.76. The van der Waals surface area contributed by atoms with Gasteiger partial charge in [-0.05, 0) is 31.2 Å². The van der Waals surface area contributed by atoms with E-state index in [1.807, 2.05) is 0 Å². The van der Waals surface area contributed by atoms with E-state index in [1.165, 1.54) is 43.1 Å². The predicted octanol–water partition coefficient (Wildman–Crippen LogP) is 0.833. The molecule has 6 heterocycles. The molecular weight excluding hydrogens is 754 g/mol. The molecule has 53 heavy (non-hydrogen) atoms. The number of aromatic amines is 1. The van der Waals surface area contributed by atoms with Gasteiger partial charge in [0, 0.05) is 29.5 Å². The maximum absolute atomic E-state index is 13.9. The van der Waals surface area contributed by atoms with Gasteiger partial charge >= 0.3 is 5.97 Å². The number of carboxylic acid groups (broad SMARTS) is 1. The molecule has 7 rings (SSSR count). The molecule has 280 valence electrons. The Labute approximate surface area is 314 Å². The number of carbonyl (C=O) groups is 4. The van der Waals surface area contributed by atoms with E-state index in [-0.39, 0.29) is 44.9 Å². The van der Waals surface area contributed by atoms with E-state index in [4.69, 9.17) is 22.2 Å². The van der Waals surface area contributed by atoms with Crippen molar-refractivity contribution in [2.24, 2.45) is 5.16 Å². The van der Waals surface area contributed by atoms with Crippen molar-refractivity contribution in [3.63, 3.8) is 0 Å². The number of fused-ring (bicyclic) bond motifs is 2. The average Bonchev–Trinajstić information content (AvgIpc) is 3.91. The van der Waals surface area contributed by atoms with Crippen molar-refractivity contribution in [2.45, 2.75) is 49.7 Å². The molecule has 3 amide bonds. The Bertz CT molecular complexity index is 2060. The molecule has 19 nitrogen and oxygen atoms in total. The maximum atomic E-state index is 13.9. The number of thiazole rings is 1. The molecule has 1 aromatic carbocycles. The van der Waals surface area contributed by atoms with Crippen LogP contribution in [-0.2, 0) is 19.2 Å². The van der Waals surface area contributed by atoms with Crippen molar-refractivity contribution >= 4 is 74.9 Å². The van der Waals surface area contributed by atoms with E-state index < -0.39 is 46.3 Å². The fraction of sp³-hybridized carbons (Fsp3) is 0.452. The summed E-state index contributed by atoms with van der Waals surface area (Å²) in [5.41, 5.74) is 5.28. The van der Waals surface area contributed by atoms with Crippen LogP contribution in [0.3, 0.4) is 0 Å². The van der Waals surface area contributed by atoms with E-state index >= 15 is 0 Å². The number of thioether (sulfide) groups is 1. The number of anilines is 1. The minimum absolute atomic E-state index is 0.0565. The molecule has 4 aliphatic heterocycles. The van der Waals surface area contributed by atoms with Crippen LogP contribution in [0.1, 0.15) is 48.6 Å². The summed E-state index contributed by atoms with van der Waals surface area (Å²) < 4.78 is 0.686. The monoisotopic (exact) mass is 788 g/mol. The summed E-state index contributed by atoms with van der Waals surface area (Å²) in [6.07, 6.45) is 1.81. The van der Waals surface area contributed by atoms with Crippen LogP contribution in [0.15, 0.2) is 28.2 Å². The summed E-state index contributed by atoms with van der Waals surface area (Å²) in [6, 6.07) is 1.75. The molecule has 2 aromatic heterocycles. The zero-order chi connectivity index (χ0) is 37.8. The highest BCUT2D eigenvalue weighted by Gasteiger charge is 2.56. The van der Waals surface area contributed by atoms with E-state index in [1.54, 1.807) is 9.80 Å². The number of H-pyrrole nitrogens is 1. The van der Waals surface area contributed by atoms with Crippen LogP contribution in [0.5, 0.6) is 11.5 Å². The number of nitrogen functional groups attached to an aromatic ring is 1. The van der Waals surface area contributed by atoms with Gasteiger partial charge in [-0.2, -0.15) is 5.21 Å². The number of nitrogens with zero attached hydrogens (tertiary/aromatic N) is 8. The van der Waals surface area contributed by atoms with E-state index in [0.717, 1.165) is 36.3 Å². The number of piperazine rings is 1. The summed E-state index contributed by atoms with van der Waals surface area (Å²) in [6.45, 7) is 5.48. The zero-order valence-electron chi connectivity index (χ0n) is 28.4. The fourth-order valence-electron chi connectivity index (χ4n) is 7.15. The maximum Gasteiger partial charge on any atom is 0.350 e. The number of benzene rings is 1. The number of hydrogen-bond acceptors (Lipinski definition) is 15. The molecule has 0 bridgehead atoms. The number of amides is 3. The number of aromatic nitrogens is 5. The number of aliphatic carboxylic acids is 1. The zero-order valence-corrected chi connectivity index (χ0v) is 30.7. The smallest absolute Gasteiger partial charge is 0.350 e. The molecular formula is C31H35ClN11O8S2+. The van der Waals surface area contributed by atoms with Gasteiger partial charge in [0.1, 0.15) is 29.7 Å². The number of phenols is 2. The first-order chi connectivity index (χ1) is 25.2. The van der Waals surface area contributed by atoms with Crippen molar-refractivity contribution in [1.82, 2.24) is 40.7 Å². The molecule has 0 radical (unpaired) electrons. The highest BCUT2D eigenvalue weighted by Crippen LogP contribution is 2.45. The lowest BCUT2D eigenvalue weighted by atomic mass is 10.00. The molecule has 0 saturated carbocycles. The van der Waals surface area contributed by atoms with Crippen LogP contribution in [0.2, 0.25) is 5.02 Å². The van der Waals surface area contributed by atoms with Crippen molar-refractivity contribution in [2.75, 3.05) is 44.2 Å². The van der Waals surface area contributed by atoms with Gasteiger partial charge in [-0.25, -0.2) is 9.78 Å². The summed E-state index contributed by atoms with van der Waals surface area (Å²) in [5.74, 6) is -3.08. The van der Waals surface area contributed by atoms with Crippen molar-refractivity contribution in [1.29, 1.82) is 0 Å². The van der Waals surface area contributed by atoms with Crippen LogP contribution in [0, 0.1) is 0 Å². The number of aromatic hydroxyl groups is 2. The number of β-lactam (4-membered cyclic amide) rings is 1. The van der Waals surface area contributed by atoms with Gasteiger partial charge in [-0.3, -0.25) is 19.3 Å². The third kappa shape index (κ3) is 6.50. The predicted molar refractivity (Wildman–Crippen MR) is 191 cm³/mol. The van der Waals surface area contributed by atoms with Gasteiger partial charge < -0.3 is 40.6 Å². The molecule has 3 fully saturated rings. The number of rotatable bonds is 10. The number of phenolic OH excluding ortho intramolecular Hbond substituents is 2. The number of carboxylic acids is 1. The summed E-state index contributed by atoms with van der Waals surface area (Å²) in [7, 11) is 0. The Hall–Kier alpha value is -4.99. The molecule has 4 atom stereocenters. The Morgan fingerprint density at radius 3 is 2.75 bits per heavy atom. The Morgan fingerprint density at radius 1 is 1.26 bits per heavy atom. The number of nitrogens with two attached hydrogens (primary N) is 1. The van der Waals surface area contributed by atoms with Crippen LogP contribution in [0.25, 0.3) is 5.70 Å². The average molecular weight is 789 g/mol. The van der Waals surface area contributed by atoms with Gasteiger partial charge in [0.2, 0.25) is 11.4 Å². The lowest BCUT2D eigenvalue weighted by Crippen LogP contribution is -2.70. The molecule has 22 heteroatoms. The standard InChI is InChI=1S/C31H34ClN11O8S2/c1-31(2,29(49)50)51-38-20(17-13-53-30(33)34-17)25(46)35-21-27(48)42-22(24-36-39-40-37-24)14(12-52-28(21)42)11-43-8-3-4-15(43)10-41(7-9-43)26(47)16-5-6-18(44)23(45)19(16)32/h5-6,13,15,21,28H,3-4,7-12H2,1-2H3,(H6-,33,34,35,36,37,38,39,40,44,45,46,47,49,50)/p+1/t15?,21-,28-,43?/m1/s1. The fourth-order valence-corrected chi connectivity index (χ4v) is 9.28. The number of halogens is 1. The van der Waals surface area contributed by atoms with Crippen LogP contribution < -0.4 is 11.1 Å². The molecule has 2 unspecified atom stereocenters. The quantitative estimate of drug-likeness (QED) is 0.0547. The van der Waals surface area contributed by atoms with E-state index in [2.05, 4.69) is 36.1 Å². The molecule has 3 aromatic rings. The van der Waals surface area contributed by atoms with Crippen molar-refractivity contribution in [3.8, 4) is 11.5 Å². The highest BCUT2D eigenvalue weighted by molar-refractivity contribution is 8.00. The second-order valence-electron chi connectivity index (χ2n) is 13.6. The lowest BCUT2D eigenvalue weighted by molar-refractivity contribution is -0.938. The third-order valence-electron chi connectivity index (χ3n) is 10.0. The number of carbonyl (C=O) groups excluding carboxylic acids is 3. The summed E-state index contributed by atoms with van der Waals surface area (Å²) >= 11 is 8.74. The molecule has 3 saturated heterocycles. The highest BCUT2D eigenvalue weighted by atomic mass is 35.5. The molecule has 7 N–H and O–H groups in total. The van der Waals surface area contributed by atoms with Gasteiger partial charge in [0.25, 0.3) is 17.7 Å². The van der Waals surface area contributed by atoms with Gasteiger partial charge in [-0.1, -0.05) is 16.8 Å². The van der Waals surface area contributed by atoms with E-state index in [9.17, 15) is 34.5 Å². The SMILES string of the molecule is CC(C)(O/N=C(\C(=O)N[C@@H]1C(=O)N2C(c3nn[nH]n3)=C(C[N+]34CCCC3CN(C(=O)c3ccc(O)c(O)c3Cl)CC4)CS[C@H]12)c1csc(N)n1)C(=O)O. The number of hydrogen-bond donors (Lipinski definition) is 6. The third-order valence-corrected chi connectivity index (χ3v) is 12.4. The van der Waals surface area contributed by atoms with E-state index in [0.29, 0.717) is 42.1 Å². The Kier molecular flexibility index (Phi) is 9.45. The second kappa shape index (κ2) is 13.8. The first-order valence-corrected chi connectivity index (χ1v) is 18.8. The minimum Gasteiger partial charge on any atom is -0.504 e. The van der Waals surface area contributed by atoms with Gasteiger partial charge in [0.05, 0.1) is 42.5 Å². The van der Waals surface area contributed by atoms with Crippen molar-refractivity contribution in [3.05, 3.63) is 45.2 Å². The number of nitrogens with one attached hydrogen (secondary N) is 2. The van der Waals surface area contributed by atoms with Crippen molar-refractivity contribution < 1.29 is 43.8 Å². The van der Waals surface area contributed by atoms with Gasteiger partial charge in [0.15, 0.2) is 22.3 Å².